The Kier molecular flexibility index (Phi) is 11.5. The number of hydrogen-bond acceptors (Lipinski definition) is 8. The molecule has 0 amide bonds. The fourth-order valence-corrected chi connectivity index (χ4v) is 13.6. The molecular formula is C78H42N12. The van der Waals surface area contributed by atoms with Gasteiger partial charge in [-0.15, -0.1) is 0 Å². The molecule has 0 aliphatic carbocycles. The third kappa shape index (κ3) is 7.63. The summed E-state index contributed by atoms with van der Waals surface area (Å²) in [5, 5.41) is 49.8. The summed E-state index contributed by atoms with van der Waals surface area (Å²) in [5.74, 6) is 1.20. The Bertz CT molecular complexity index is 6020. The van der Waals surface area contributed by atoms with E-state index in [1.54, 1.807) is 6.20 Å². The van der Waals surface area contributed by atoms with Gasteiger partial charge in [-0.3, -0.25) is 4.98 Å². The summed E-state index contributed by atoms with van der Waals surface area (Å²) in [6.45, 7) is 0. The number of benzene rings is 11. The predicted molar refractivity (Wildman–Crippen MR) is 356 cm³/mol. The van der Waals surface area contributed by atoms with E-state index in [4.69, 9.17) is 19.9 Å². The molecule has 0 radical (unpaired) electrons. The van der Waals surface area contributed by atoms with Gasteiger partial charge in [0.05, 0.1) is 119 Å². The van der Waals surface area contributed by atoms with Gasteiger partial charge in [-0.25, -0.2) is 15.0 Å². The molecule has 0 unspecified atom stereocenters. The van der Waals surface area contributed by atoms with Crippen LogP contribution in [0.5, 0.6) is 0 Å². The Balaban J connectivity index is 1.26. The molecule has 6 heterocycles. The molecule has 0 aliphatic heterocycles. The Morgan fingerprint density at radius 2 is 0.567 bits per heavy atom. The topological polar surface area (TPSA) is 166 Å². The quantitative estimate of drug-likeness (QED) is 0.145. The van der Waals surface area contributed by atoms with Crippen molar-refractivity contribution in [3.8, 4) is 92.3 Å². The van der Waals surface area contributed by atoms with Crippen LogP contribution in [0.25, 0.3) is 155 Å². The molecule has 0 saturated carbocycles. The zero-order valence-electron chi connectivity index (χ0n) is 47.6. The van der Waals surface area contributed by atoms with Gasteiger partial charge in [0, 0.05) is 77.7 Å². The Morgan fingerprint density at radius 1 is 0.256 bits per heavy atom. The van der Waals surface area contributed by atoms with Crippen LogP contribution in [0.1, 0.15) is 22.3 Å². The third-order valence-electron chi connectivity index (χ3n) is 17.4. The maximum absolute atomic E-state index is 10.7. The molecule has 12 heteroatoms. The first kappa shape index (κ1) is 51.2. The normalized spacial score (nSPS) is 11.5. The minimum absolute atomic E-state index is 0.332. The zero-order valence-corrected chi connectivity index (χ0v) is 47.6. The van der Waals surface area contributed by atoms with Crippen LogP contribution in [-0.4, -0.2) is 38.2 Å². The highest BCUT2D eigenvalue weighted by Crippen LogP contribution is 2.54. The van der Waals surface area contributed by atoms with E-state index in [1.807, 2.05) is 194 Å². The zero-order chi connectivity index (χ0) is 60.1. The minimum Gasteiger partial charge on any atom is -0.308 e. The average Bonchev–Trinajstić information content (AvgIpc) is 1.40. The van der Waals surface area contributed by atoms with E-state index < -0.39 is 0 Å². The molecule has 11 aromatic carbocycles. The number of hydrogen-bond donors (Lipinski definition) is 0. The lowest BCUT2D eigenvalue weighted by atomic mass is 9.92. The third-order valence-corrected chi connectivity index (χ3v) is 17.4. The molecule has 90 heavy (non-hydrogen) atoms. The molecule has 0 fully saturated rings. The smallest absolute Gasteiger partial charge is 0.168 e. The van der Waals surface area contributed by atoms with Crippen LogP contribution >= 0.6 is 0 Å². The van der Waals surface area contributed by atoms with Crippen LogP contribution < -0.4 is 0 Å². The van der Waals surface area contributed by atoms with E-state index in [9.17, 15) is 21.0 Å². The van der Waals surface area contributed by atoms with Crippen molar-refractivity contribution in [1.29, 1.82) is 21.0 Å². The van der Waals surface area contributed by atoms with Crippen molar-refractivity contribution in [3.05, 3.63) is 277 Å². The predicted octanol–water partition coefficient (Wildman–Crippen LogP) is 17.8. The van der Waals surface area contributed by atoms with E-state index in [0.717, 1.165) is 115 Å². The molecule has 0 saturated heterocycles. The number of aromatic nitrogens is 8. The maximum Gasteiger partial charge on any atom is 0.168 e. The van der Waals surface area contributed by atoms with Crippen LogP contribution in [0.3, 0.4) is 0 Å². The first-order valence-corrected chi connectivity index (χ1v) is 29.3. The lowest BCUT2D eigenvalue weighted by molar-refractivity contribution is 1.02. The van der Waals surface area contributed by atoms with Crippen LogP contribution in [0.4, 0.5) is 0 Å². The fraction of sp³-hybridized carbons (Fsp3) is 0. The van der Waals surface area contributed by atoms with Crippen molar-refractivity contribution in [1.82, 2.24) is 38.2 Å². The van der Waals surface area contributed by atoms with Crippen LogP contribution in [0, 0.1) is 45.3 Å². The van der Waals surface area contributed by atoms with Crippen LogP contribution in [0.2, 0.25) is 0 Å². The van der Waals surface area contributed by atoms with Gasteiger partial charge in [0.25, 0.3) is 0 Å². The fourth-order valence-electron chi connectivity index (χ4n) is 13.6. The Morgan fingerprint density at radius 3 is 0.933 bits per heavy atom. The number of pyridine rings is 1. The van der Waals surface area contributed by atoms with Gasteiger partial charge in [0.15, 0.2) is 17.5 Å². The first-order chi connectivity index (χ1) is 44.5. The van der Waals surface area contributed by atoms with Crippen molar-refractivity contribution in [2.45, 2.75) is 0 Å². The summed E-state index contributed by atoms with van der Waals surface area (Å²) in [4.78, 5) is 21.9. The van der Waals surface area contributed by atoms with Gasteiger partial charge in [-0.1, -0.05) is 140 Å². The highest BCUT2D eigenvalue weighted by molar-refractivity contribution is 6.19. The second-order valence-corrected chi connectivity index (χ2v) is 22.2. The molecule has 0 spiro atoms. The highest BCUT2D eigenvalue weighted by atomic mass is 15.1. The standard InChI is InChI=1S/C78H42N12/c79-42-47-29-33-66-58(38-47)54-21-7-11-25-62(54)87(66)72-70(53-20-15-37-83-46-53)73(88-63-26-12-8-22-55(63)59-39-48(43-80)30-34-67(59)88)75(90-65-28-14-10-24-57(65)61-41-50(45-82)32-36-69(61)90)74(89-64-27-13-9-23-56(64)60-40-49(44-81)31-35-68(60)89)71(72)78-85-76(51-16-3-1-4-17-51)84-77(86-78)52-18-5-2-6-19-52/h1-41,46H. The first-order valence-electron chi connectivity index (χ1n) is 29.3. The van der Waals surface area contributed by atoms with Gasteiger partial charge in [0.2, 0.25) is 0 Å². The maximum atomic E-state index is 10.7. The second-order valence-electron chi connectivity index (χ2n) is 22.2. The molecule has 0 atom stereocenters. The summed E-state index contributed by atoms with van der Waals surface area (Å²) in [7, 11) is 0. The summed E-state index contributed by atoms with van der Waals surface area (Å²) in [6, 6.07) is 90.5. The monoisotopic (exact) mass is 1150 g/mol. The molecule has 0 aliphatic rings. The molecular weight excluding hydrogens is 1100 g/mol. The van der Waals surface area contributed by atoms with Crippen molar-refractivity contribution >= 4 is 87.2 Å². The summed E-state index contributed by atoms with van der Waals surface area (Å²) in [5.41, 5.74) is 14.9. The SMILES string of the molecule is N#Cc1ccc2c(c1)c1ccccc1n2-c1c(-c2cccnc2)c(-n2c3ccccc3c3cc(C#N)ccc32)c(-n2c3ccccc3c3cc(C#N)ccc32)c(-n2c3ccccc3c3cc(C#N)ccc32)c1-c1nc(-c2ccccc2)nc(-c2ccccc2)n1. The van der Waals surface area contributed by atoms with Crippen molar-refractivity contribution in [2.75, 3.05) is 0 Å². The van der Waals surface area contributed by atoms with E-state index in [-0.39, 0.29) is 0 Å². The average molecular weight is 1150 g/mol. The molecule has 12 nitrogen and oxygen atoms in total. The molecule has 0 bridgehead atoms. The molecule has 17 aromatic rings. The van der Waals surface area contributed by atoms with Crippen molar-refractivity contribution in [2.24, 2.45) is 0 Å². The van der Waals surface area contributed by atoms with Crippen LogP contribution in [0.15, 0.2) is 255 Å². The highest BCUT2D eigenvalue weighted by Gasteiger charge is 2.37. The van der Waals surface area contributed by atoms with Crippen molar-refractivity contribution in [3.63, 3.8) is 0 Å². The summed E-state index contributed by atoms with van der Waals surface area (Å²) >= 11 is 0. The number of para-hydroxylation sites is 4. The number of nitriles is 4. The summed E-state index contributed by atoms with van der Waals surface area (Å²) in [6.07, 6.45) is 3.69. The van der Waals surface area contributed by atoms with Crippen LogP contribution in [-0.2, 0) is 0 Å². The van der Waals surface area contributed by atoms with Gasteiger partial charge in [0.1, 0.15) is 0 Å². The Hall–Kier alpha value is -13.3. The largest absolute Gasteiger partial charge is 0.308 e. The van der Waals surface area contributed by atoms with E-state index in [2.05, 4.69) is 97.1 Å². The Labute approximate surface area is 513 Å². The van der Waals surface area contributed by atoms with Gasteiger partial charge < -0.3 is 18.3 Å². The van der Waals surface area contributed by atoms with E-state index >= 15 is 0 Å². The van der Waals surface area contributed by atoms with Gasteiger partial charge in [-0.05, 0) is 103 Å². The van der Waals surface area contributed by atoms with Gasteiger partial charge in [-0.2, -0.15) is 21.0 Å². The lowest BCUT2D eigenvalue weighted by Gasteiger charge is -2.31. The van der Waals surface area contributed by atoms with Crippen molar-refractivity contribution < 1.29 is 0 Å². The van der Waals surface area contributed by atoms with Gasteiger partial charge >= 0.3 is 0 Å². The second kappa shape index (κ2) is 20.2. The summed E-state index contributed by atoms with van der Waals surface area (Å²) < 4.78 is 9.30. The number of rotatable bonds is 8. The molecule has 0 N–H and O–H groups in total. The molecule has 6 aromatic heterocycles. The molecule has 17 rings (SSSR count). The lowest BCUT2D eigenvalue weighted by Crippen LogP contribution is -2.17. The minimum atomic E-state index is 0.332. The molecule has 414 valence electrons. The van der Waals surface area contributed by atoms with E-state index in [1.165, 1.54) is 0 Å². The number of fused-ring (bicyclic) bond motifs is 12. The van der Waals surface area contributed by atoms with E-state index in [0.29, 0.717) is 62.4 Å². The number of nitrogens with zero attached hydrogens (tertiary/aromatic N) is 12.